The molecule has 3 N–H and O–H groups in total. The first kappa shape index (κ1) is 53.1. The Morgan fingerprint density at radius 3 is 1.84 bits per heavy atom. The Morgan fingerprint density at radius 2 is 1.26 bits per heavy atom. The Hall–Kier alpha value is -6.90. The molecule has 372 valence electrons. The van der Waals surface area contributed by atoms with Crippen LogP contribution in [0.1, 0.15) is 71.1 Å². The van der Waals surface area contributed by atoms with E-state index in [-0.39, 0.29) is 25.7 Å². The molecule has 0 bridgehead atoms. The van der Waals surface area contributed by atoms with Crippen molar-refractivity contribution in [2.24, 2.45) is 11.3 Å². The van der Waals surface area contributed by atoms with Crippen LogP contribution in [0.3, 0.4) is 0 Å². The summed E-state index contributed by atoms with van der Waals surface area (Å²) in [5, 5.41) is 7.68. The van der Waals surface area contributed by atoms with Gasteiger partial charge < -0.3 is 58.6 Å². The van der Waals surface area contributed by atoms with Crippen LogP contribution in [-0.2, 0) is 82.8 Å². The van der Waals surface area contributed by atoms with Gasteiger partial charge in [-0.25, -0.2) is 9.59 Å². The van der Waals surface area contributed by atoms with E-state index in [0.717, 1.165) is 55.7 Å². The number of amides is 3. The first-order chi connectivity index (χ1) is 32.8. The van der Waals surface area contributed by atoms with Crippen LogP contribution in [0.25, 0.3) is 11.1 Å². The minimum atomic E-state index is -1.83. The van der Waals surface area contributed by atoms with Gasteiger partial charge in [0, 0.05) is 26.7 Å². The van der Waals surface area contributed by atoms with Crippen LogP contribution in [0.5, 0.6) is 0 Å². The molecule has 3 aromatic rings. The second-order valence-corrected chi connectivity index (χ2v) is 17.2. The molecule has 0 radical (unpaired) electrons. The number of rotatable bonds is 21. The summed E-state index contributed by atoms with van der Waals surface area (Å²) in [6.07, 6.45) is -9.68. The Kier molecular flexibility index (Phi) is 18.8. The number of nitrogens with one attached hydrogen (secondary N) is 3. The Balaban J connectivity index is 1.33. The van der Waals surface area contributed by atoms with Crippen LogP contribution in [-0.4, -0.2) is 124 Å². The molecule has 3 amide bonds. The normalized spacial score (nSPS) is 19.3. The zero-order valence-corrected chi connectivity index (χ0v) is 39.7. The summed E-state index contributed by atoms with van der Waals surface area (Å²) in [7, 11) is 1.01. The number of hydrogen-bond donors (Lipinski definition) is 3. The van der Waals surface area contributed by atoms with Gasteiger partial charge in [-0.15, -0.1) is 0 Å². The van der Waals surface area contributed by atoms with E-state index in [9.17, 15) is 38.4 Å². The van der Waals surface area contributed by atoms with Crippen molar-refractivity contribution in [2.45, 2.75) is 104 Å². The lowest BCUT2D eigenvalue weighted by Crippen LogP contribution is -2.64. The lowest BCUT2D eigenvalue weighted by atomic mass is 9.95. The highest BCUT2D eigenvalue weighted by Gasteiger charge is 2.55. The van der Waals surface area contributed by atoms with Crippen molar-refractivity contribution in [1.29, 1.82) is 0 Å². The van der Waals surface area contributed by atoms with Gasteiger partial charge in [0.25, 0.3) is 0 Å². The van der Waals surface area contributed by atoms with E-state index in [2.05, 4.69) is 16.0 Å². The number of fused-ring (bicyclic) bond motifs is 3. The van der Waals surface area contributed by atoms with Crippen molar-refractivity contribution >= 4 is 47.8 Å². The molecule has 20 heteroatoms. The summed E-state index contributed by atoms with van der Waals surface area (Å²) in [4.78, 5) is 104. The second-order valence-electron chi connectivity index (χ2n) is 17.2. The van der Waals surface area contributed by atoms with Crippen molar-refractivity contribution < 1.29 is 81.0 Å². The Morgan fingerprint density at radius 1 is 0.696 bits per heavy atom. The SMILES string of the molecule is COC(=O)[C@H]1O[C@@H](OC[C@H](NC(=O)[C@@H](NC(=O)OCC2c3ccccc3-c3ccccc32)C(C)C)C(=O)NCOCC(C)(C)C(=O)OCc2ccccc2)[C@H](OC(C)=O)[C@@H](OC(C)=O)[C@@H]1OC(C)=O. The molecule has 1 heterocycles. The lowest BCUT2D eigenvalue weighted by Gasteiger charge is -2.43. The zero-order valence-electron chi connectivity index (χ0n) is 39.7. The van der Waals surface area contributed by atoms with Crippen molar-refractivity contribution in [3.63, 3.8) is 0 Å². The maximum atomic E-state index is 14.1. The maximum absolute atomic E-state index is 14.1. The maximum Gasteiger partial charge on any atom is 0.407 e. The van der Waals surface area contributed by atoms with Crippen LogP contribution in [0.4, 0.5) is 4.79 Å². The minimum Gasteiger partial charge on any atom is -0.467 e. The number of alkyl carbamates (subject to hydrolysis) is 1. The van der Waals surface area contributed by atoms with Crippen LogP contribution in [0, 0.1) is 11.3 Å². The number of esters is 5. The zero-order chi connectivity index (χ0) is 50.4. The predicted octanol–water partition coefficient (Wildman–Crippen LogP) is 3.60. The van der Waals surface area contributed by atoms with E-state index in [1.807, 2.05) is 66.7 Å². The summed E-state index contributed by atoms with van der Waals surface area (Å²) >= 11 is 0. The highest BCUT2D eigenvalue weighted by atomic mass is 16.7. The molecular formula is C49H59N3O17. The molecule has 2 aliphatic rings. The van der Waals surface area contributed by atoms with Crippen molar-refractivity contribution in [1.82, 2.24) is 16.0 Å². The van der Waals surface area contributed by atoms with E-state index in [4.69, 9.17) is 42.6 Å². The minimum absolute atomic E-state index is 0.0319. The smallest absolute Gasteiger partial charge is 0.407 e. The first-order valence-corrected chi connectivity index (χ1v) is 22.2. The summed E-state index contributed by atoms with van der Waals surface area (Å²) in [5.41, 5.74) is 3.62. The van der Waals surface area contributed by atoms with E-state index in [1.54, 1.807) is 39.8 Å². The average Bonchev–Trinajstić information content (AvgIpc) is 3.63. The number of benzene rings is 3. The average molecular weight is 962 g/mol. The van der Waals surface area contributed by atoms with E-state index < -0.39 is 115 Å². The summed E-state index contributed by atoms with van der Waals surface area (Å²) in [5.74, 6) is -7.05. The molecule has 0 unspecified atom stereocenters. The van der Waals surface area contributed by atoms with Crippen molar-refractivity contribution in [2.75, 3.05) is 33.7 Å². The summed E-state index contributed by atoms with van der Waals surface area (Å²) in [6, 6.07) is 21.7. The van der Waals surface area contributed by atoms with Gasteiger partial charge in [-0.3, -0.25) is 28.8 Å². The van der Waals surface area contributed by atoms with Gasteiger partial charge in [0.05, 0.1) is 25.7 Å². The van der Waals surface area contributed by atoms with Gasteiger partial charge in [-0.1, -0.05) is 92.7 Å². The van der Waals surface area contributed by atoms with E-state index in [0.29, 0.717) is 0 Å². The third kappa shape index (κ3) is 14.3. The van der Waals surface area contributed by atoms with E-state index >= 15 is 0 Å². The van der Waals surface area contributed by atoms with Crippen LogP contribution < -0.4 is 16.0 Å². The van der Waals surface area contributed by atoms with Crippen LogP contribution in [0.15, 0.2) is 78.9 Å². The number of ether oxygens (including phenoxy) is 9. The molecule has 3 aromatic carbocycles. The molecule has 0 aromatic heterocycles. The largest absolute Gasteiger partial charge is 0.467 e. The van der Waals surface area contributed by atoms with Gasteiger partial charge >= 0.3 is 35.9 Å². The lowest BCUT2D eigenvalue weighted by molar-refractivity contribution is -0.302. The molecule has 7 atom stereocenters. The summed E-state index contributed by atoms with van der Waals surface area (Å²) < 4.78 is 49.6. The van der Waals surface area contributed by atoms with Crippen LogP contribution >= 0.6 is 0 Å². The summed E-state index contributed by atoms with van der Waals surface area (Å²) in [6.45, 7) is 8.06. The second kappa shape index (κ2) is 24.4. The fourth-order valence-electron chi connectivity index (χ4n) is 7.68. The monoisotopic (exact) mass is 961 g/mol. The third-order valence-corrected chi connectivity index (χ3v) is 11.0. The number of methoxy groups -OCH3 is 1. The van der Waals surface area contributed by atoms with E-state index in [1.165, 1.54) is 0 Å². The number of hydrogen-bond acceptors (Lipinski definition) is 17. The third-order valence-electron chi connectivity index (χ3n) is 11.0. The van der Waals surface area contributed by atoms with Crippen molar-refractivity contribution in [3.8, 4) is 11.1 Å². The number of carbonyl (C=O) groups excluding carboxylic acids is 8. The van der Waals surface area contributed by atoms with Gasteiger partial charge in [-0.05, 0) is 47.6 Å². The Bertz CT molecular complexity index is 2280. The topological polar surface area (TPSA) is 256 Å². The van der Waals surface area contributed by atoms with Gasteiger partial charge in [-0.2, -0.15) is 0 Å². The molecule has 1 aliphatic heterocycles. The molecule has 0 spiro atoms. The van der Waals surface area contributed by atoms with Gasteiger partial charge in [0.1, 0.15) is 32.0 Å². The molecule has 5 rings (SSSR count). The molecule has 20 nitrogen and oxygen atoms in total. The molecule has 1 aliphatic carbocycles. The molecule has 0 saturated carbocycles. The highest BCUT2D eigenvalue weighted by Crippen LogP contribution is 2.44. The fraction of sp³-hybridized carbons (Fsp3) is 0.469. The van der Waals surface area contributed by atoms with Crippen molar-refractivity contribution in [3.05, 3.63) is 95.6 Å². The molecule has 69 heavy (non-hydrogen) atoms. The molecule has 1 saturated heterocycles. The standard InChI is InChI=1S/C49H59N3O17/c1-27(2)38(52-48(60)65-23-36-34-20-14-12-18-32(34)33-19-13-15-21-35(33)36)44(57)51-37(43(56)50-26-62-25-49(6,7)47(59)64-22-31-16-10-9-11-17-31)24-63-46-42(68-30(5)55)40(67-29(4)54)39(66-28(3)53)41(69-46)45(58)61-8/h9-21,27,36-42,46H,22-26H2,1-8H3,(H,50,56)(H,51,57)(H,52,60)/t37-,38-,39-,40-,41-,42+,46+/m0/s1. The van der Waals surface area contributed by atoms with Gasteiger partial charge in [0.15, 0.2) is 30.7 Å². The van der Waals surface area contributed by atoms with Gasteiger partial charge in [0.2, 0.25) is 11.8 Å². The van der Waals surface area contributed by atoms with Crippen LogP contribution in [0.2, 0.25) is 0 Å². The Labute approximate surface area is 399 Å². The fourth-order valence-corrected chi connectivity index (χ4v) is 7.68. The molecule has 1 fully saturated rings. The highest BCUT2D eigenvalue weighted by molar-refractivity contribution is 5.91. The predicted molar refractivity (Wildman–Crippen MR) is 241 cm³/mol. The number of carbonyl (C=O) groups is 8. The first-order valence-electron chi connectivity index (χ1n) is 22.2. The molecular weight excluding hydrogens is 903 g/mol. The quantitative estimate of drug-likeness (QED) is 0.0597.